The molecule has 3 aromatic carbocycles. The molecule has 8 heteroatoms. The van der Waals surface area contributed by atoms with Gasteiger partial charge in [-0.1, -0.05) is 74.3 Å². The molecule has 0 amide bonds. The number of nitrogens with zero attached hydrogens (tertiary/aromatic N) is 1. The Hall–Kier alpha value is -2.84. The van der Waals surface area contributed by atoms with Gasteiger partial charge in [-0.2, -0.15) is 0 Å². The van der Waals surface area contributed by atoms with Crippen LogP contribution in [0.2, 0.25) is 0 Å². The van der Waals surface area contributed by atoms with E-state index in [1.165, 1.54) is 18.2 Å². The second kappa shape index (κ2) is 9.77. The lowest BCUT2D eigenvalue weighted by atomic mass is 9.99. The maximum absolute atomic E-state index is 13.2. The van der Waals surface area contributed by atoms with Gasteiger partial charge in [0.15, 0.2) is 6.10 Å². The number of alkyl halides is 1. The minimum absolute atomic E-state index is 0.123. The number of halogens is 2. The molecule has 30 heavy (non-hydrogen) atoms. The van der Waals surface area contributed by atoms with E-state index >= 15 is 0 Å². The molecule has 0 spiro atoms. The van der Waals surface area contributed by atoms with Crippen molar-refractivity contribution < 1.29 is 19.2 Å². The minimum Gasteiger partial charge on any atom is -0.449 e. The monoisotopic (exact) mass is 531 g/mol. The van der Waals surface area contributed by atoms with Crippen LogP contribution in [0.4, 0.5) is 5.69 Å². The first kappa shape index (κ1) is 21.9. The number of nitro groups is 1. The molecule has 0 saturated heterocycles. The van der Waals surface area contributed by atoms with Gasteiger partial charge in [0, 0.05) is 22.2 Å². The Balaban J connectivity index is 1.95. The molecule has 152 valence electrons. The zero-order chi connectivity index (χ0) is 21.7. The van der Waals surface area contributed by atoms with Gasteiger partial charge in [0.1, 0.15) is 0 Å². The van der Waals surface area contributed by atoms with E-state index in [-0.39, 0.29) is 11.3 Å². The summed E-state index contributed by atoms with van der Waals surface area (Å²) in [5.74, 6) is -1.10. The Bertz CT molecular complexity index is 1070. The maximum Gasteiger partial charge on any atom is 0.338 e. The number of nitro benzene ring substituents is 1. The van der Waals surface area contributed by atoms with Crippen molar-refractivity contribution in [3.05, 3.63) is 110 Å². The topological polar surface area (TPSA) is 86.5 Å². The van der Waals surface area contributed by atoms with Crippen LogP contribution >= 0.6 is 31.9 Å². The van der Waals surface area contributed by atoms with Crippen LogP contribution in [0.25, 0.3) is 0 Å². The summed E-state index contributed by atoms with van der Waals surface area (Å²) in [6.07, 6.45) is -1.23. The highest BCUT2D eigenvalue weighted by molar-refractivity contribution is 9.10. The zero-order valence-corrected chi connectivity index (χ0v) is 18.6. The number of benzene rings is 3. The summed E-state index contributed by atoms with van der Waals surface area (Å²) in [6, 6.07) is 20.8. The lowest BCUT2D eigenvalue weighted by Gasteiger charge is -2.22. The van der Waals surface area contributed by atoms with E-state index in [2.05, 4.69) is 31.9 Å². The molecule has 6 nitrogen and oxygen atoms in total. The summed E-state index contributed by atoms with van der Waals surface area (Å²) in [7, 11) is 0. The Kier molecular flexibility index (Phi) is 7.12. The SMILES string of the molecule is O=C(O[C@H](C(=O)c1ccccc1)[C@@H](Br)c1cccc([N+](=O)[O-])c1)c1ccc(Br)cc1. The zero-order valence-electron chi connectivity index (χ0n) is 15.4. The lowest BCUT2D eigenvalue weighted by Crippen LogP contribution is -2.31. The van der Waals surface area contributed by atoms with E-state index in [1.807, 2.05) is 0 Å². The molecule has 0 aliphatic carbocycles. The Morgan fingerprint density at radius 2 is 1.57 bits per heavy atom. The Morgan fingerprint density at radius 3 is 2.20 bits per heavy atom. The predicted molar refractivity (Wildman–Crippen MR) is 119 cm³/mol. The van der Waals surface area contributed by atoms with Crippen molar-refractivity contribution in [2.75, 3.05) is 0 Å². The van der Waals surface area contributed by atoms with Crippen molar-refractivity contribution in [3.8, 4) is 0 Å². The number of hydrogen-bond donors (Lipinski definition) is 0. The second-order valence-electron chi connectivity index (χ2n) is 6.32. The number of non-ortho nitro benzene ring substituents is 1. The molecular weight excluding hydrogens is 518 g/mol. The van der Waals surface area contributed by atoms with Gasteiger partial charge >= 0.3 is 5.97 Å². The third-order valence-corrected chi connectivity index (χ3v) is 5.83. The number of esters is 1. The van der Waals surface area contributed by atoms with Gasteiger partial charge in [0.05, 0.1) is 15.3 Å². The van der Waals surface area contributed by atoms with Crippen LogP contribution in [-0.2, 0) is 4.74 Å². The van der Waals surface area contributed by atoms with Gasteiger partial charge in [-0.3, -0.25) is 14.9 Å². The average Bonchev–Trinajstić information content (AvgIpc) is 2.77. The number of ether oxygens (including phenoxy) is 1. The van der Waals surface area contributed by atoms with Crippen molar-refractivity contribution in [1.29, 1.82) is 0 Å². The van der Waals surface area contributed by atoms with Crippen molar-refractivity contribution in [1.82, 2.24) is 0 Å². The molecule has 0 saturated carbocycles. The number of hydrogen-bond acceptors (Lipinski definition) is 5. The number of carbonyl (C=O) groups is 2. The minimum atomic E-state index is -1.23. The number of ketones is 1. The lowest BCUT2D eigenvalue weighted by molar-refractivity contribution is -0.384. The number of Topliss-reactive ketones (excluding diaryl/α,β-unsaturated/α-hetero) is 1. The fraction of sp³-hybridized carbons (Fsp3) is 0.0909. The highest BCUT2D eigenvalue weighted by Crippen LogP contribution is 2.33. The van der Waals surface area contributed by atoms with E-state index in [1.54, 1.807) is 60.7 Å². The molecule has 3 rings (SSSR count). The van der Waals surface area contributed by atoms with Gasteiger partial charge in [-0.05, 0) is 29.8 Å². The fourth-order valence-corrected chi connectivity index (χ4v) is 3.66. The third kappa shape index (κ3) is 5.20. The van der Waals surface area contributed by atoms with Crippen LogP contribution in [0.1, 0.15) is 31.1 Å². The van der Waals surface area contributed by atoms with E-state index in [0.29, 0.717) is 11.1 Å². The first-order valence-corrected chi connectivity index (χ1v) is 10.5. The van der Waals surface area contributed by atoms with Gasteiger partial charge in [0.2, 0.25) is 5.78 Å². The molecule has 0 aromatic heterocycles. The summed E-state index contributed by atoms with van der Waals surface area (Å²) < 4.78 is 6.39. The molecular formula is C22H15Br2NO5. The van der Waals surface area contributed by atoms with Gasteiger partial charge in [-0.25, -0.2) is 4.79 Å². The number of carbonyl (C=O) groups excluding carboxylic acids is 2. The van der Waals surface area contributed by atoms with E-state index < -0.39 is 27.6 Å². The molecule has 0 N–H and O–H groups in total. The molecule has 0 bridgehead atoms. The Labute approximate surface area is 189 Å². The highest BCUT2D eigenvalue weighted by Gasteiger charge is 2.33. The van der Waals surface area contributed by atoms with Crippen LogP contribution in [0.3, 0.4) is 0 Å². The molecule has 0 heterocycles. The van der Waals surface area contributed by atoms with E-state index in [9.17, 15) is 19.7 Å². The van der Waals surface area contributed by atoms with Crippen LogP contribution < -0.4 is 0 Å². The highest BCUT2D eigenvalue weighted by atomic mass is 79.9. The van der Waals surface area contributed by atoms with E-state index in [4.69, 9.17) is 4.74 Å². The average molecular weight is 533 g/mol. The van der Waals surface area contributed by atoms with Crippen molar-refractivity contribution in [3.63, 3.8) is 0 Å². The standard InChI is InChI=1S/C22H15Br2NO5/c23-17-11-9-15(10-12-17)22(27)30-21(20(26)14-5-2-1-3-6-14)19(24)16-7-4-8-18(13-16)25(28)29/h1-13,19,21H/t19-,21-/m0/s1. The largest absolute Gasteiger partial charge is 0.449 e. The van der Waals surface area contributed by atoms with Crippen LogP contribution in [-0.4, -0.2) is 22.8 Å². The molecule has 3 aromatic rings. The summed E-state index contributed by atoms with van der Waals surface area (Å²) in [4.78, 5) is 35.7. The summed E-state index contributed by atoms with van der Waals surface area (Å²) in [5, 5.41) is 11.1. The summed E-state index contributed by atoms with van der Waals surface area (Å²) in [6.45, 7) is 0. The molecule has 0 aliphatic heterocycles. The van der Waals surface area contributed by atoms with Crippen molar-refractivity contribution >= 4 is 49.3 Å². The molecule has 2 atom stereocenters. The van der Waals surface area contributed by atoms with Crippen molar-refractivity contribution in [2.45, 2.75) is 10.9 Å². The van der Waals surface area contributed by atoms with Gasteiger partial charge < -0.3 is 4.74 Å². The second-order valence-corrected chi connectivity index (χ2v) is 8.22. The van der Waals surface area contributed by atoms with Crippen LogP contribution in [0.5, 0.6) is 0 Å². The van der Waals surface area contributed by atoms with Crippen molar-refractivity contribution in [2.24, 2.45) is 0 Å². The summed E-state index contributed by atoms with van der Waals surface area (Å²) in [5.41, 5.74) is 0.966. The van der Waals surface area contributed by atoms with Crippen LogP contribution in [0, 0.1) is 10.1 Å². The fourth-order valence-electron chi connectivity index (χ4n) is 2.77. The van der Waals surface area contributed by atoms with Gasteiger partial charge in [-0.15, -0.1) is 0 Å². The maximum atomic E-state index is 13.2. The quantitative estimate of drug-likeness (QED) is 0.124. The normalized spacial score (nSPS) is 12.6. The smallest absolute Gasteiger partial charge is 0.338 e. The molecule has 0 unspecified atom stereocenters. The first-order chi connectivity index (χ1) is 14.4. The third-order valence-electron chi connectivity index (χ3n) is 4.30. The number of rotatable bonds is 7. The molecule has 0 aliphatic rings. The molecule has 0 radical (unpaired) electrons. The molecule has 0 fully saturated rings. The first-order valence-electron chi connectivity index (χ1n) is 8.81. The Morgan fingerprint density at radius 1 is 0.900 bits per heavy atom. The van der Waals surface area contributed by atoms with Gasteiger partial charge in [0.25, 0.3) is 5.69 Å². The van der Waals surface area contributed by atoms with Crippen LogP contribution in [0.15, 0.2) is 83.3 Å². The van der Waals surface area contributed by atoms with E-state index in [0.717, 1.165) is 4.47 Å². The predicted octanol–water partition coefficient (Wildman–Crippen LogP) is 5.90. The summed E-state index contributed by atoms with van der Waals surface area (Å²) >= 11 is 6.72.